The summed E-state index contributed by atoms with van der Waals surface area (Å²) in [6.45, 7) is 0. The van der Waals surface area contributed by atoms with Gasteiger partial charge in [0.25, 0.3) is 0 Å². The number of hydrogen-bond acceptors (Lipinski definition) is 0. The molecule has 0 radical (unpaired) electrons. The van der Waals surface area contributed by atoms with Crippen molar-refractivity contribution in [2.24, 2.45) is 0 Å². The summed E-state index contributed by atoms with van der Waals surface area (Å²) in [5.41, 5.74) is 1.16. The first-order valence-electron chi connectivity index (χ1n) is 4.15. The number of halogens is 3. The molecule has 2 aromatic rings. The van der Waals surface area contributed by atoms with E-state index < -0.39 is 0 Å². The Morgan fingerprint density at radius 3 is 2.50 bits per heavy atom. The van der Waals surface area contributed by atoms with E-state index in [-0.39, 0.29) is 5.82 Å². The van der Waals surface area contributed by atoms with Gasteiger partial charge in [0.1, 0.15) is 5.82 Å². The van der Waals surface area contributed by atoms with Crippen LogP contribution in [-0.2, 0) is 5.33 Å². The SMILES string of the molecule is Fc1cc(I)c(CBr)c2ccccc12. The van der Waals surface area contributed by atoms with Crippen LogP contribution >= 0.6 is 38.5 Å². The van der Waals surface area contributed by atoms with Gasteiger partial charge >= 0.3 is 0 Å². The Hall–Kier alpha value is -0.160. The molecule has 0 N–H and O–H groups in total. The normalized spacial score (nSPS) is 10.8. The molecular formula is C11H7BrFI. The maximum absolute atomic E-state index is 13.5. The minimum atomic E-state index is -0.144. The molecule has 72 valence electrons. The average molecular weight is 365 g/mol. The molecule has 0 aliphatic carbocycles. The van der Waals surface area contributed by atoms with E-state index in [1.807, 2.05) is 24.3 Å². The van der Waals surface area contributed by atoms with Crippen LogP contribution in [0.2, 0.25) is 0 Å². The van der Waals surface area contributed by atoms with E-state index >= 15 is 0 Å². The van der Waals surface area contributed by atoms with Crippen LogP contribution in [0.1, 0.15) is 5.56 Å². The van der Waals surface area contributed by atoms with E-state index in [1.165, 1.54) is 0 Å². The molecule has 0 saturated heterocycles. The van der Waals surface area contributed by atoms with Crippen molar-refractivity contribution in [3.05, 3.63) is 45.3 Å². The molecule has 0 unspecified atom stereocenters. The first-order chi connectivity index (χ1) is 6.74. The third-order valence-corrected chi connectivity index (χ3v) is 3.71. The molecule has 3 heteroatoms. The molecule has 0 spiro atoms. The predicted molar refractivity (Wildman–Crippen MR) is 69.3 cm³/mol. The molecule has 0 bridgehead atoms. The minimum Gasteiger partial charge on any atom is -0.206 e. The van der Waals surface area contributed by atoms with Gasteiger partial charge < -0.3 is 0 Å². The summed E-state index contributed by atoms with van der Waals surface area (Å²) < 4.78 is 14.5. The van der Waals surface area contributed by atoms with Crippen molar-refractivity contribution < 1.29 is 4.39 Å². The van der Waals surface area contributed by atoms with Gasteiger partial charge in [-0.1, -0.05) is 40.2 Å². The fourth-order valence-electron chi connectivity index (χ4n) is 1.50. The van der Waals surface area contributed by atoms with E-state index in [1.54, 1.807) is 6.07 Å². The molecule has 0 aromatic heterocycles. The maximum atomic E-state index is 13.5. The lowest BCUT2D eigenvalue weighted by atomic mass is 10.1. The third-order valence-electron chi connectivity index (χ3n) is 2.18. The van der Waals surface area contributed by atoms with Crippen LogP contribution in [0.4, 0.5) is 4.39 Å². The largest absolute Gasteiger partial charge is 0.206 e. The lowest BCUT2D eigenvalue weighted by Crippen LogP contribution is -1.90. The zero-order valence-corrected chi connectivity index (χ0v) is 11.0. The van der Waals surface area contributed by atoms with E-state index in [9.17, 15) is 4.39 Å². The lowest BCUT2D eigenvalue weighted by molar-refractivity contribution is 0.638. The smallest absolute Gasteiger partial charge is 0.132 e. The second kappa shape index (κ2) is 4.14. The average Bonchev–Trinajstić information content (AvgIpc) is 2.18. The van der Waals surface area contributed by atoms with Crippen molar-refractivity contribution in [2.45, 2.75) is 5.33 Å². The fourth-order valence-corrected chi connectivity index (χ4v) is 3.38. The third kappa shape index (κ3) is 1.67. The summed E-state index contributed by atoms with van der Waals surface area (Å²) >= 11 is 5.59. The summed E-state index contributed by atoms with van der Waals surface area (Å²) in [5, 5.41) is 2.45. The number of benzene rings is 2. The monoisotopic (exact) mass is 364 g/mol. The molecule has 0 fully saturated rings. The van der Waals surface area contributed by atoms with Crippen molar-refractivity contribution in [3.8, 4) is 0 Å². The molecular weight excluding hydrogens is 358 g/mol. The highest BCUT2D eigenvalue weighted by Crippen LogP contribution is 2.28. The highest BCUT2D eigenvalue weighted by Gasteiger charge is 2.08. The number of hydrogen-bond donors (Lipinski definition) is 0. The van der Waals surface area contributed by atoms with E-state index in [0.29, 0.717) is 5.39 Å². The van der Waals surface area contributed by atoms with Gasteiger partial charge in [-0.3, -0.25) is 0 Å². The van der Waals surface area contributed by atoms with Gasteiger partial charge in [0.05, 0.1) is 0 Å². The second-order valence-electron chi connectivity index (χ2n) is 3.00. The Morgan fingerprint density at radius 2 is 1.86 bits per heavy atom. The lowest BCUT2D eigenvalue weighted by Gasteiger charge is -2.07. The van der Waals surface area contributed by atoms with Gasteiger partial charge in [-0.2, -0.15) is 0 Å². The molecule has 0 saturated carbocycles. The molecule has 0 aliphatic rings. The van der Waals surface area contributed by atoms with Gasteiger partial charge in [-0.15, -0.1) is 0 Å². The topological polar surface area (TPSA) is 0 Å². The van der Waals surface area contributed by atoms with Crippen molar-refractivity contribution in [2.75, 3.05) is 0 Å². The van der Waals surface area contributed by atoms with Crippen LogP contribution in [-0.4, -0.2) is 0 Å². The van der Waals surface area contributed by atoms with Crippen molar-refractivity contribution in [3.63, 3.8) is 0 Å². The Bertz CT molecular complexity index is 482. The van der Waals surface area contributed by atoms with Gasteiger partial charge in [0.15, 0.2) is 0 Å². The molecule has 0 heterocycles. The van der Waals surface area contributed by atoms with Gasteiger partial charge in [0, 0.05) is 14.3 Å². The number of alkyl halides is 1. The second-order valence-corrected chi connectivity index (χ2v) is 4.72. The quantitative estimate of drug-likeness (QED) is 0.517. The van der Waals surface area contributed by atoms with Crippen LogP contribution in [0.15, 0.2) is 30.3 Å². The van der Waals surface area contributed by atoms with Gasteiger partial charge in [-0.05, 0) is 39.6 Å². The maximum Gasteiger partial charge on any atom is 0.132 e. The number of rotatable bonds is 1. The molecule has 2 rings (SSSR count). The molecule has 2 aromatic carbocycles. The van der Waals surface area contributed by atoms with E-state index in [4.69, 9.17) is 0 Å². The van der Waals surface area contributed by atoms with Crippen LogP contribution in [0, 0.1) is 9.39 Å². The van der Waals surface area contributed by atoms with Gasteiger partial charge in [-0.25, -0.2) is 4.39 Å². The standard InChI is InChI=1S/C11H7BrFI/c12-6-9-7-3-1-2-4-8(7)10(13)5-11(9)14/h1-5H,6H2. The minimum absolute atomic E-state index is 0.144. The Labute approximate surface area is 104 Å². The van der Waals surface area contributed by atoms with E-state index in [2.05, 4.69) is 38.5 Å². The first-order valence-corrected chi connectivity index (χ1v) is 6.35. The van der Waals surface area contributed by atoms with Crippen LogP contribution in [0.5, 0.6) is 0 Å². The van der Waals surface area contributed by atoms with Crippen LogP contribution in [0.25, 0.3) is 10.8 Å². The zero-order valence-electron chi connectivity index (χ0n) is 7.23. The molecule has 0 nitrogen and oxygen atoms in total. The Balaban J connectivity index is 2.90. The van der Waals surface area contributed by atoms with Crippen molar-refractivity contribution >= 4 is 49.3 Å². The molecule has 0 aliphatic heterocycles. The Morgan fingerprint density at radius 1 is 1.21 bits per heavy atom. The summed E-state index contributed by atoms with van der Waals surface area (Å²) in [7, 11) is 0. The highest BCUT2D eigenvalue weighted by molar-refractivity contribution is 14.1. The molecule has 0 atom stereocenters. The zero-order chi connectivity index (χ0) is 10.1. The van der Waals surface area contributed by atoms with Crippen LogP contribution < -0.4 is 0 Å². The summed E-state index contributed by atoms with van der Waals surface area (Å²) in [6.07, 6.45) is 0. The highest BCUT2D eigenvalue weighted by atomic mass is 127. The molecule has 0 amide bonds. The summed E-state index contributed by atoms with van der Waals surface area (Å²) in [5.74, 6) is -0.144. The van der Waals surface area contributed by atoms with Crippen molar-refractivity contribution in [1.29, 1.82) is 0 Å². The Kier molecular flexibility index (Phi) is 3.07. The fraction of sp³-hybridized carbons (Fsp3) is 0.0909. The number of fused-ring (bicyclic) bond motifs is 1. The van der Waals surface area contributed by atoms with Gasteiger partial charge in [0.2, 0.25) is 0 Å². The van der Waals surface area contributed by atoms with E-state index in [0.717, 1.165) is 19.8 Å². The predicted octanol–water partition coefficient (Wildman–Crippen LogP) is 4.48. The molecule has 14 heavy (non-hydrogen) atoms. The summed E-state index contributed by atoms with van der Waals surface area (Å²) in [6, 6.07) is 9.14. The first kappa shape index (κ1) is 10.4. The summed E-state index contributed by atoms with van der Waals surface area (Å²) in [4.78, 5) is 0. The van der Waals surface area contributed by atoms with Crippen molar-refractivity contribution in [1.82, 2.24) is 0 Å². The van der Waals surface area contributed by atoms with Crippen LogP contribution in [0.3, 0.4) is 0 Å².